The Labute approximate surface area is 134 Å². The Balaban J connectivity index is 1.59. The van der Waals surface area contributed by atoms with Gasteiger partial charge in [0.05, 0.1) is 19.2 Å². The van der Waals surface area contributed by atoms with Crippen LogP contribution in [0, 0.1) is 5.92 Å². The van der Waals surface area contributed by atoms with Gasteiger partial charge in [-0.1, -0.05) is 23.7 Å². The molecule has 1 N–H and O–H groups in total. The average molecular weight is 320 g/mol. The van der Waals surface area contributed by atoms with E-state index in [0.29, 0.717) is 17.4 Å². The molecule has 1 aromatic heterocycles. The molecule has 1 unspecified atom stereocenters. The molecule has 116 valence electrons. The maximum absolute atomic E-state index is 12.1. The fraction of sp³-hybridized carbons (Fsp3) is 0.375. The van der Waals surface area contributed by atoms with E-state index in [9.17, 15) is 4.79 Å². The number of nitrogens with zero attached hydrogens (tertiary/aromatic N) is 2. The number of amides is 1. The first-order valence-corrected chi connectivity index (χ1v) is 7.72. The highest BCUT2D eigenvalue weighted by Gasteiger charge is 2.18. The minimum Gasteiger partial charge on any atom is -0.381 e. The molecular weight excluding hydrogens is 302 g/mol. The molecule has 3 rings (SSSR count). The fourth-order valence-electron chi connectivity index (χ4n) is 2.53. The molecule has 2 aromatic rings. The van der Waals surface area contributed by atoms with Crippen LogP contribution in [0.4, 0.5) is 5.82 Å². The lowest BCUT2D eigenvalue weighted by molar-refractivity contribution is -0.115. The van der Waals surface area contributed by atoms with E-state index < -0.39 is 0 Å². The summed E-state index contributed by atoms with van der Waals surface area (Å²) in [6.45, 7) is 2.34. The van der Waals surface area contributed by atoms with E-state index in [1.54, 1.807) is 18.3 Å². The Hall–Kier alpha value is -1.85. The van der Waals surface area contributed by atoms with Gasteiger partial charge >= 0.3 is 0 Å². The molecule has 1 aliphatic rings. The normalized spacial score (nSPS) is 17.6. The smallest absolute Gasteiger partial charge is 0.229 e. The summed E-state index contributed by atoms with van der Waals surface area (Å²) in [4.78, 5) is 12.1. The maximum atomic E-state index is 12.1. The van der Waals surface area contributed by atoms with Crippen LogP contribution in [0.15, 0.2) is 36.5 Å². The van der Waals surface area contributed by atoms with E-state index in [2.05, 4.69) is 10.4 Å². The van der Waals surface area contributed by atoms with Gasteiger partial charge in [-0.15, -0.1) is 0 Å². The second-order valence-electron chi connectivity index (χ2n) is 5.48. The van der Waals surface area contributed by atoms with Gasteiger partial charge in [0.2, 0.25) is 5.91 Å². The number of carbonyl (C=O) groups excluding carboxylic acids is 1. The first kappa shape index (κ1) is 15.1. The maximum Gasteiger partial charge on any atom is 0.229 e. The van der Waals surface area contributed by atoms with E-state index in [-0.39, 0.29) is 5.91 Å². The first-order valence-electron chi connectivity index (χ1n) is 7.34. The lowest BCUT2D eigenvalue weighted by Crippen LogP contribution is -2.20. The van der Waals surface area contributed by atoms with Gasteiger partial charge in [-0.2, -0.15) is 5.10 Å². The third-order valence-corrected chi connectivity index (χ3v) is 3.97. The van der Waals surface area contributed by atoms with Crippen molar-refractivity contribution in [1.29, 1.82) is 0 Å². The first-order chi connectivity index (χ1) is 10.7. The number of rotatable bonds is 5. The summed E-state index contributed by atoms with van der Waals surface area (Å²) in [6.07, 6.45) is 3.06. The Kier molecular flexibility index (Phi) is 4.75. The van der Waals surface area contributed by atoms with Crippen LogP contribution >= 0.6 is 11.6 Å². The van der Waals surface area contributed by atoms with Gasteiger partial charge in [-0.3, -0.25) is 4.79 Å². The summed E-state index contributed by atoms with van der Waals surface area (Å²) in [7, 11) is 0. The van der Waals surface area contributed by atoms with Crippen LogP contribution in [-0.2, 0) is 22.5 Å². The molecule has 0 bridgehead atoms. The molecule has 1 atom stereocenters. The van der Waals surface area contributed by atoms with Crippen molar-refractivity contribution in [3.8, 4) is 0 Å². The van der Waals surface area contributed by atoms with Crippen LogP contribution in [0.1, 0.15) is 12.0 Å². The highest BCUT2D eigenvalue weighted by Crippen LogP contribution is 2.17. The standard InChI is InChI=1S/C16H18ClN3O2/c17-14-3-1-12(2-4-14)9-16(21)19-15-5-7-18-20(15)10-13-6-8-22-11-13/h1-5,7,13H,6,8-11H2,(H,19,21). The highest BCUT2D eigenvalue weighted by molar-refractivity contribution is 6.30. The molecule has 1 fully saturated rings. The number of aromatic nitrogens is 2. The van der Waals surface area contributed by atoms with Crippen LogP contribution in [0.5, 0.6) is 0 Å². The van der Waals surface area contributed by atoms with Crippen LogP contribution in [0.25, 0.3) is 0 Å². The number of hydrogen-bond donors (Lipinski definition) is 1. The Morgan fingerprint density at radius 1 is 1.36 bits per heavy atom. The van der Waals surface area contributed by atoms with E-state index in [4.69, 9.17) is 16.3 Å². The lowest BCUT2D eigenvalue weighted by atomic mass is 10.1. The SMILES string of the molecule is O=C(Cc1ccc(Cl)cc1)Nc1ccnn1CC1CCOC1. The summed E-state index contributed by atoms with van der Waals surface area (Å²) in [5, 5.41) is 7.86. The van der Waals surface area contributed by atoms with E-state index in [1.807, 2.05) is 22.9 Å². The summed E-state index contributed by atoms with van der Waals surface area (Å²) in [5.41, 5.74) is 0.928. The summed E-state index contributed by atoms with van der Waals surface area (Å²) < 4.78 is 7.21. The van der Waals surface area contributed by atoms with Gasteiger partial charge in [0.1, 0.15) is 5.82 Å². The quantitative estimate of drug-likeness (QED) is 0.922. The van der Waals surface area contributed by atoms with Crippen molar-refractivity contribution >= 4 is 23.3 Å². The average Bonchev–Trinajstić information content (AvgIpc) is 3.15. The molecule has 0 spiro atoms. The Bertz CT molecular complexity index is 633. The number of ether oxygens (including phenoxy) is 1. The number of anilines is 1. The van der Waals surface area contributed by atoms with Crippen LogP contribution in [0.2, 0.25) is 5.02 Å². The van der Waals surface area contributed by atoms with E-state index in [1.165, 1.54) is 0 Å². The van der Waals surface area contributed by atoms with Gasteiger partial charge in [-0.25, -0.2) is 4.68 Å². The highest BCUT2D eigenvalue weighted by atomic mass is 35.5. The molecule has 1 saturated heterocycles. The summed E-state index contributed by atoms with van der Waals surface area (Å²) in [6, 6.07) is 9.10. The number of halogens is 1. The molecule has 1 aliphatic heterocycles. The number of nitrogens with one attached hydrogen (secondary N) is 1. The van der Waals surface area contributed by atoms with Crippen molar-refractivity contribution in [1.82, 2.24) is 9.78 Å². The van der Waals surface area contributed by atoms with Gasteiger partial charge < -0.3 is 10.1 Å². The fourth-order valence-corrected chi connectivity index (χ4v) is 2.66. The zero-order chi connectivity index (χ0) is 15.4. The number of hydrogen-bond acceptors (Lipinski definition) is 3. The predicted molar refractivity (Wildman–Crippen MR) is 84.9 cm³/mol. The Morgan fingerprint density at radius 2 is 2.18 bits per heavy atom. The van der Waals surface area contributed by atoms with Crippen LogP contribution < -0.4 is 5.32 Å². The second kappa shape index (κ2) is 6.94. The monoisotopic (exact) mass is 319 g/mol. The number of benzene rings is 1. The minimum atomic E-state index is -0.0632. The van der Waals surface area contributed by atoms with Crippen molar-refractivity contribution < 1.29 is 9.53 Å². The van der Waals surface area contributed by atoms with Crippen molar-refractivity contribution in [2.75, 3.05) is 18.5 Å². The van der Waals surface area contributed by atoms with Crippen molar-refractivity contribution in [2.24, 2.45) is 5.92 Å². The van der Waals surface area contributed by atoms with E-state index in [0.717, 1.165) is 37.6 Å². The molecule has 2 heterocycles. The van der Waals surface area contributed by atoms with Crippen molar-refractivity contribution in [2.45, 2.75) is 19.4 Å². The summed E-state index contributed by atoms with van der Waals surface area (Å²) in [5.74, 6) is 1.13. The number of carbonyl (C=O) groups is 1. The van der Waals surface area contributed by atoms with E-state index >= 15 is 0 Å². The zero-order valence-electron chi connectivity index (χ0n) is 12.2. The third-order valence-electron chi connectivity index (χ3n) is 3.72. The van der Waals surface area contributed by atoms with Crippen LogP contribution in [0.3, 0.4) is 0 Å². The van der Waals surface area contributed by atoms with Gasteiger partial charge in [-0.05, 0) is 24.1 Å². The third kappa shape index (κ3) is 3.87. The summed E-state index contributed by atoms with van der Waals surface area (Å²) >= 11 is 5.84. The largest absolute Gasteiger partial charge is 0.381 e. The molecule has 1 amide bonds. The molecule has 0 aliphatic carbocycles. The minimum absolute atomic E-state index is 0.0632. The lowest BCUT2D eigenvalue weighted by Gasteiger charge is -2.12. The van der Waals surface area contributed by atoms with Gasteiger partial charge in [0.15, 0.2) is 0 Å². The predicted octanol–water partition coefficient (Wildman–Crippen LogP) is 2.75. The van der Waals surface area contributed by atoms with Crippen molar-refractivity contribution in [3.63, 3.8) is 0 Å². The molecule has 5 nitrogen and oxygen atoms in total. The topological polar surface area (TPSA) is 56.2 Å². The van der Waals surface area contributed by atoms with Crippen molar-refractivity contribution in [3.05, 3.63) is 47.1 Å². The molecular formula is C16H18ClN3O2. The Morgan fingerprint density at radius 3 is 2.91 bits per heavy atom. The zero-order valence-corrected chi connectivity index (χ0v) is 12.9. The molecule has 1 aromatic carbocycles. The molecule has 0 saturated carbocycles. The second-order valence-corrected chi connectivity index (χ2v) is 5.92. The molecule has 22 heavy (non-hydrogen) atoms. The van der Waals surface area contributed by atoms with Crippen LogP contribution in [-0.4, -0.2) is 28.9 Å². The molecule has 6 heteroatoms. The molecule has 0 radical (unpaired) electrons. The van der Waals surface area contributed by atoms with Gasteiger partial charge in [0.25, 0.3) is 0 Å². The van der Waals surface area contributed by atoms with Gasteiger partial charge in [0, 0.05) is 30.2 Å².